The van der Waals surface area contributed by atoms with E-state index in [2.05, 4.69) is 17.2 Å². The highest BCUT2D eigenvalue weighted by atomic mass is 32.1. The molecule has 0 unspecified atom stereocenters. The molecule has 0 N–H and O–H groups in total. The number of nitrogens with zero attached hydrogens (tertiary/aromatic N) is 3. The molecule has 0 aliphatic carbocycles. The van der Waals surface area contributed by atoms with Crippen LogP contribution in [-0.4, -0.2) is 31.7 Å². The predicted octanol–water partition coefficient (Wildman–Crippen LogP) is 2.30. The second-order valence-corrected chi connectivity index (χ2v) is 3.78. The number of alkyl halides is 4. The van der Waals surface area contributed by atoms with Gasteiger partial charge in [0.2, 0.25) is 0 Å². The van der Waals surface area contributed by atoms with Gasteiger partial charge in [-0.25, -0.2) is 9.88 Å². The van der Waals surface area contributed by atoms with Crippen molar-refractivity contribution in [2.75, 3.05) is 0 Å². The molecule has 8 heteroatoms. The molecule has 1 fully saturated rings. The molecule has 2 rings (SSSR count). The van der Waals surface area contributed by atoms with E-state index in [0.717, 1.165) is 10.9 Å². The van der Waals surface area contributed by atoms with Crippen LogP contribution in [0.4, 0.5) is 17.6 Å². The first-order valence-electron chi connectivity index (χ1n) is 4.43. The number of hydrogen-bond acceptors (Lipinski definition) is 2. The summed E-state index contributed by atoms with van der Waals surface area (Å²) in [6.45, 7) is 0. The molecule has 1 aromatic rings. The van der Waals surface area contributed by atoms with E-state index in [1.165, 1.54) is 12.4 Å². The van der Waals surface area contributed by atoms with E-state index < -0.39 is 30.0 Å². The van der Waals surface area contributed by atoms with Crippen LogP contribution in [0.5, 0.6) is 0 Å². The Bertz CT molecular complexity index is 387. The number of rotatable bonds is 0. The third-order valence-electron chi connectivity index (χ3n) is 2.30. The van der Waals surface area contributed by atoms with Gasteiger partial charge in [0.05, 0.1) is 0 Å². The normalized spacial score (nSPS) is 22.4. The van der Waals surface area contributed by atoms with Gasteiger partial charge in [-0.05, 0) is 12.2 Å². The molecule has 2 heterocycles. The van der Waals surface area contributed by atoms with Crippen molar-refractivity contribution in [1.82, 2.24) is 14.5 Å². The molecule has 0 atom stereocenters. The standard InChI is InChI=1S/C8H7F4N3S/c9-7(10)1-2-8(11,12)15(7)6(16)14-4-3-13-5-14/h3-5H,1-2H2. The minimum atomic E-state index is -3.62. The average Bonchev–Trinajstić information content (AvgIpc) is 2.72. The Kier molecular flexibility index (Phi) is 2.41. The molecule has 0 amide bonds. The molecule has 1 saturated heterocycles. The fraction of sp³-hybridized carbons (Fsp3) is 0.500. The maximum Gasteiger partial charge on any atom is 0.332 e. The monoisotopic (exact) mass is 253 g/mol. The minimum Gasteiger partial charge on any atom is -0.283 e. The molecule has 0 bridgehead atoms. The smallest absolute Gasteiger partial charge is 0.283 e. The summed E-state index contributed by atoms with van der Waals surface area (Å²) in [5.74, 6) is 0. The zero-order valence-electron chi connectivity index (χ0n) is 7.91. The van der Waals surface area contributed by atoms with E-state index >= 15 is 0 Å². The summed E-state index contributed by atoms with van der Waals surface area (Å²) >= 11 is 4.62. The van der Waals surface area contributed by atoms with Gasteiger partial charge in [0.15, 0.2) is 5.11 Å². The quantitative estimate of drug-likeness (QED) is 0.402. The Morgan fingerprint density at radius 2 is 1.75 bits per heavy atom. The van der Waals surface area contributed by atoms with Gasteiger partial charge >= 0.3 is 12.1 Å². The Hall–Kier alpha value is -1.18. The van der Waals surface area contributed by atoms with E-state index in [1.54, 1.807) is 0 Å². The number of halogens is 4. The molecule has 0 aromatic carbocycles. The van der Waals surface area contributed by atoms with Crippen LogP contribution in [-0.2, 0) is 0 Å². The lowest BCUT2D eigenvalue weighted by atomic mass is 10.3. The van der Waals surface area contributed by atoms with Gasteiger partial charge < -0.3 is 0 Å². The van der Waals surface area contributed by atoms with Crippen LogP contribution in [0, 0.1) is 0 Å². The van der Waals surface area contributed by atoms with Gasteiger partial charge in [0, 0.05) is 25.2 Å². The second kappa shape index (κ2) is 3.41. The second-order valence-electron chi connectivity index (χ2n) is 3.42. The van der Waals surface area contributed by atoms with Gasteiger partial charge in [0.1, 0.15) is 6.33 Å². The lowest BCUT2D eigenvalue weighted by Crippen LogP contribution is -2.50. The lowest BCUT2D eigenvalue weighted by Gasteiger charge is -2.30. The van der Waals surface area contributed by atoms with Gasteiger partial charge in [0.25, 0.3) is 0 Å². The average molecular weight is 253 g/mol. The molecule has 88 valence electrons. The number of likely N-dealkylation sites (tertiary alicyclic amines) is 1. The van der Waals surface area contributed by atoms with Crippen LogP contribution in [0.1, 0.15) is 12.8 Å². The molecule has 3 nitrogen and oxygen atoms in total. The summed E-state index contributed by atoms with van der Waals surface area (Å²) in [4.78, 5) is 3.25. The first-order valence-corrected chi connectivity index (χ1v) is 4.84. The summed E-state index contributed by atoms with van der Waals surface area (Å²) in [5.41, 5.74) is 0. The third kappa shape index (κ3) is 1.66. The van der Waals surface area contributed by atoms with Crippen molar-refractivity contribution in [3.8, 4) is 0 Å². The highest BCUT2D eigenvalue weighted by Crippen LogP contribution is 2.45. The van der Waals surface area contributed by atoms with Crippen LogP contribution < -0.4 is 0 Å². The Morgan fingerprint density at radius 3 is 2.19 bits per heavy atom. The van der Waals surface area contributed by atoms with Crippen LogP contribution in [0.2, 0.25) is 0 Å². The zero-order chi connectivity index (χ0) is 12.0. The molecule has 1 aromatic heterocycles. The molecule has 0 radical (unpaired) electrons. The van der Waals surface area contributed by atoms with E-state index in [1.807, 2.05) is 0 Å². The minimum absolute atomic E-state index is 0.322. The topological polar surface area (TPSA) is 21.1 Å². The van der Waals surface area contributed by atoms with Crippen molar-refractivity contribution in [2.24, 2.45) is 0 Å². The van der Waals surface area contributed by atoms with E-state index in [0.29, 0.717) is 0 Å². The first kappa shape index (κ1) is 11.3. The van der Waals surface area contributed by atoms with Crippen molar-refractivity contribution in [1.29, 1.82) is 0 Å². The molecule has 0 spiro atoms. The zero-order valence-corrected chi connectivity index (χ0v) is 8.72. The Balaban J connectivity index is 2.35. The highest BCUT2D eigenvalue weighted by Gasteiger charge is 2.59. The highest BCUT2D eigenvalue weighted by molar-refractivity contribution is 7.80. The maximum absolute atomic E-state index is 13.3. The summed E-state index contributed by atoms with van der Waals surface area (Å²) in [6, 6.07) is -7.24. The largest absolute Gasteiger partial charge is 0.332 e. The van der Waals surface area contributed by atoms with Crippen molar-refractivity contribution < 1.29 is 17.6 Å². The van der Waals surface area contributed by atoms with Crippen molar-refractivity contribution in [3.05, 3.63) is 18.7 Å². The maximum atomic E-state index is 13.3. The summed E-state index contributed by atoms with van der Waals surface area (Å²) in [7, 11) is 0. The Labute approximate surface area is 93.7 Å². The molecular formula is C8H7F4N3S. The van der Waals surface area contributed by atoms with Gasteiger partial charge in [-0.15, -0.1) is 0 Å². The van der Waals surface area contributed by atoms with Crippen LogP contribution in [0.15, 0.2) is 18.7 Å². The Morgan fingerprint density at radius 1 is 1.19 bits per heavy atom. The summed E-state index contributed by atoms with van der Waals surface area (Å²) in [6.07, 6.45) is 1.81. The fourth-order valence-corrected chi connectivity index (χ4v) is 1.91. The lowest BCUT2D eigenvalue weighted by molar-refractivity contribution is -0.186. The number of aromatic nitrogens is 2. The molecule has 16 heavy (non-hydrogen) atoms. The molecular weight excluding hydrogens is 246 g/mol. The van der Waals surface area contributed by atoms with Gasteiger partial charge in [-0.1, -0.05) is 0 Å². The van der Waals surface area contributed by atoms with E-state index in [4.69, 9.17) is 0 Å². The van der Waals surface area contributed by atoms with Crippen LogP contribution in [0.3, 0.4) is 0 Å². The van der Waals surface area contributed by atoms with Gasteiger partial charge in [-0.2, -0.15) is 17.6 Å². The molecule has 1 aliphatic rings. The number of hydrogen-bond donors (Lipinski definition) is 0. The van der Waals surface area contributed by atoms with Crippen molar-refractivity contribution >= 4 is 17.3 Å². The van der Waals surface area contributed by atoms with Gasteiger partial charge in [-0.3, -0.25) is 4.57 Å². The third-order valence-corrected chi connectivity index (χ3v) is 2.69. The summed E-state index contributed by atoms with van der Waals surface area (Å²) < 4.78 is 54.0. The molecule has 1 aliphatic heterocycles. The van der Waals surface area contributed by atoms with Crippen molar-refractivity contribution in [3.63, 3.8) is 0 Å². The van der Waals surface area contributed by atoms with E-state index in [9.17, 15) is 17.6 Å². The molecule has 0 saturated carbocycles. The summed E-state index contributed by atoms with van der Waals surface area (Å²) in [5, 5.41) is -0.648. The van der Waals surface area contributed by atoms with Crippen LogP contribution >= 0.6 is 12.2 Å². The van der Waals surface area contributed by atoms with Crippen LogP contribution in [0.25, 0.3) is 0 Å². The van der Waals surface area contributed by atoms with E-state index in [-0.39, 0.29) is 4.90 Å². The fourth-order valence-electron chi connectivity index (χ4n) is 1.53. The number of thiocarbonyl (C=S) groups is 1. The number of imidazole rings is 1. The SMILES string of the molecule is FC1(F)CCC(F)(F)N1C(=S)n1ccnc1. The first-order chi connectivity index (χ1) is 7.34. The van der Waals surface area contributed by atoms with Crippen molar-refractivity contribution in [2.45, 2.75) is 24.9 Å². The predicted molar refractivity (Wildman–Crippen MR) is 51.2 cm³/mol.